The quantitative estimate of drug-likeness (QED) is 0.772. The monoisotopic (exact) mass is 256 g/mol. The van der Waals surface area contributed by atoms with Gasteiger partial charge in [0.05, 0.1) is 6.61 Å². The van der Waals surface area contributed by atoms with Crippen LogP contribution < -0.4 is 5.32 Å². The van der Waals surface area contributed by atoms with Gasteiger partial charge in [0.1, 0.15) is 5.82 Å². The van der Waals surface area contributed by atoms with Gasteiger partial charge in [-0.05, 0) is 30.0 Å². The first-order chi connectivity index (χ1) is 9.38. The molecule has 0 unspecified atom stereocenters. The molecular formula is C16H20N2O. The fourth-order valence-electron chi connectivity index (χ4n) is 1.87. The minimum atomic E-state index is 0.631. The number of rotatable bonds is 7. The van der Waals surface area contributed by atoms with Crippen LogP contribution in [0.3, 0.4) is 0 Å². The molecule has 1 aromatic carbocycles. The highest BCUT2D eigenvalue weighted by atomic mass is 16.5. The molecule has 3 nitrogen and oxygen atoms in total. The van der Waals surface area contributed by atoms with E-state index in [9.17, 15) is 0 Å². The maximum Gasteiger partial charge on any atom is 0.125 e. The molecule has 0 aliphatic heterocycles. The van der Waals surface area contributed by atoms with Crippen molar-refractivity contribution in [1.82, 2.24) is 4.98 Å². The zero-order valence-corrected chi connectivity index (χ0v) is 11.3. The molecule has 0 saturated heterocycles. The van der Waals surface area contributed by atoms with E-state index in [1.54, 1.807) is 0 Å². The molecule has 0 aliphatic carbocycles. The van der Waals surface area contributed by atoms with Crippen molar-refractivity contribution in [3.63, 3.8) is 0 Å². The molecule has 0 bridgehead atoms. The molecule has 0 spiro atoms. The average Bonchev–Trinajstić information content (AvgIpc) is 2.49. The van der Waals surface area contributed by atoms with Gasteiger partial charge in [-0.15, -0.1) is 0 Å². The Hall–Kier alpha value is -1.87. The summed E-state index contributed by atoms with van der Waals surface area (Å²) in [6.45, 7) is 1.41. The Bertz CT molecular complexity index is 468. The van der Waals surface area contributed by atoms with Crippen molar-refractivity contribution in [2.75, 3.05) is 19.0 Å². The second kappa shape index (κ2) is 7.54. The van der Waals surface area contributed by atoms with Crippen molar-refractivity contribution < 1.29 is 4.74 Å². The predicted molar refractivity (Wildman–Crippen MR) is 78.2 cm³/mol. The minimum absolute atomic E-state index is 0.631. The summed E-state index contributed by atoms with van der Waals surface area (Å²) in [6.07, 6.45) is 3.97. The molecule has 1 N–H and O–H groups in total. The van der Waals surface area contributed by atoms with Gasteiger partial charge >= 0.3 is 0 Å². The lowest BCUT2D eigenvalue weighted by molar-refractivity contribution is 0.118. The van der Waals surface area contributed by atoms with E-state index in [1.807, 2.05) is 31.4 Å². The Morgan fingerprint density at radius 2 is 1.89 bits per heavy atom. The number of aryl methyl sites for hydroxylation is 1. The highest BCUT2D eigenvalue weighted by Crippen LogP contribution is 2.06. The summed E-state index contributed by atoms with van der Waals surface area (Å²) in [5.74, 6) is 0.882. The van der Waals surface area contributed by atoms with Crippen molar-refractivity contribution in [1.29, 1.82) is 0 Å². The molecule has 100 valence electrons. The summed E-state index contributed by atoms with van der Waals surface area (Å²) in [7, 11) is 1.86. The third-order valence-corrected chi connectivity index (χ3v) is 2.95. The van der Waals surface area contributed by atoms with Gasteiger partial charge in [-0.25, -0.2) is 4.98 Å². The Morgan fingerprint density at radius 3 is 2.58 bits per heavy atom. The van der Waals surface area contributed by atoms with Crippen LogP contribution in [-0.4, -0.2) is 18.6 Å². The number of anilines is 1. The summed E-state index contributed by atoms with van der Waals surface area (Å²) in [5, 5.41) is 3.00. The first-order valence-corrected chi connectivity index (χ1v) is 6.63. The molecular weight excluding hydrogens is 236 g/mol. The summed E-state index contributed by atoms with van der Waals surface area (Å²) in [5.41, 5.74) is 2.48. The fraction of sp³-hybridized carbons (Fsp3) is 0.312. The number of nitrogens with one attached hydrogen (secondary N) is 1. The minimum Gasteiger partial charge on any atom is -0.377 e. The van der Waals surface area contributed by atoms with E-state index in [-0.39, 0.29) is 0 Å². The molecule has 19 heavy (non-hydrogen) atoms. The number of nitrogens with zero attached hydrogens (tertiary/aromatic N) is 1. The first-order valence-electron chi connectivity index (χ1n) is 6.63. The van der Waals surface area contributed by atoms with Crippen LogP contribution in [0.2, 0.25) is 0 Å². The highest BCUT2D eigenvalue weighted by molar-refractivity contribution is 5.34. The lowest BCUT2D eigenvalue weighted by Gasteiger charge is -2.05. The molecule has 0 saturated carbocycles. The standard InChI is InChI=1S/C16H20N2O/c1-17-16-10-9-15(12-18-16)13-19-11-5-8-14-6-3-2-4-7-14/h2-4,6-7,9-10,12H,5,8,11,13H2,1H3,(H,17,18). The fourth-order valence-corrected chi connectivity index (χ4v) is 1.87. The van der Waals surface area contributed by atoms with Gasteiger partial charge in [-0.1, -0.05) is 36.4 Å². The van der Waals surface area contributed by atoms with Gasteiger partial charge in [-0.2, -0.15) is 0 Å². The second-order valence-electron chi connectivity index (χ2n) is 4.44. The maximum absolute atomic E-state index is 5.65. The smallest absolute Gasteiger partial charge is 0.125 e. The van der Waals surface area contributed by atoms with Crippen LogP contribution in [-0.2, 0) is 17.8 Å². The zero-order chi connectivity index (χ0) is 13.3. The molecule has 0 fully saturated rings. The Morgan fingerprint density at radius 1 is 1.05 bits per heavy atom. The van der Waals surface area contributed by atoms with Gasteiger partial charge in [0.15, 0.2) is 0 Å². The Kier molecular flexibility index (Phi) is 5.38. The van der Waals surface area contributed by atoms with E-state index >= 15 is 0 Å². The van der Waals surface area contributed by atoms with Crippen molar-refractivity contribution in [3.05, 3.63) is 59.8 Å². The Labute approximate surface area is 114 Å². The number of ether oxygens (including phenoxy) is 1. The highest BCUT2D eigenvalue weighted by Gasteiger charge is 1.96. The number of hydrogen-bond acceptors (Lipinski definition) is 3. The van der Waals surface area contributed by atoms with E-state index < -0.39 is 0 Å². The molecule has 0 aliphatic rings. The topological polar surface area (TPSA) is 34.1 Å². The van der Waals surface area contributed by atoms with Gasteiger partial charge in [0, 0.05) is 19.9 Å². The third-order valence-electron chi connectivity index (χ3n) is 2.95. The molecule has 0 atom stereocenters. The van der Waals surface area contributed by atoms with Crippen molar-refractivity contribution in [3.8, 4) is 0 Å². The molecule has 2 aromatic rings. The van der Waals surface area contributed by atoms with E-state index in [2.05, 4.69) is 34.6 Å². The maximum atomic E-state index is 5.65. The number of aromatic nitrogens is 1. The van der Waals surface area contributed by atoms with Crippen molar-refractivity contribution >= 4 is 5.82 Å². The summed E-state index contributed by atoms with van der Waals surface area (Å²) in [4.78, 5) is 4.25. The number of benzene rings is 1. The lowest BCUT2D eigenvalue weighted by atomic mass is 10.1. The second-order valence-corrected chi connectivity index (χ2v) is 4.44. The SMILES string of the molecule is CNc1ccc(COCCCc2ccccc2)cn1. The summed E-state index contributed by atoms with van der Waals surface area (Å²) in [6, 6.07) is 14.5. The van der Waals surface area contributed by atoms with E-state index in [0.717, 1.165) is 30.8 Å². The van der Waals surface area contributed by atoms with Crippen LogP contribution in [0.15, 0.2) is 48.7 Å². The Balaban J connectivity index is 1.63. The van der Waals surface area contributed by atoms with Crippen LogP contribution in [0.5, 0.6) is 0 Å². The van der Waals surface area contributed by atoms with Crippen LogP contribution in [0.4, 0.5) is 5.82 Å². The number of pyridine rings is 1. The first kappa shape index (κ1) is 13.6. The van der Waals surface area contributed by atoms with Gasteiger partial charge < -0.3 is 10.1 Å². The van der Waals surface area contributed by atoms with Crippen LogP contribution >= 0.6 is 0 Å². The van der Waals surface area contributed by atoms with Gasteiger partial charge in [0.25, 0.3) is 0 Å². The van der Waals surface area contributed by atoms with Gasteiger partial charge in [-0.3, -0.25) is 0 Å². The molecule has 1 heterocycles. The average molecular weight is 256 g/mol. The predicted octanol–water partition coefficient (Wildman–Crippen LogP) is 3.27. The zero-order valence-electron chi connectivity index (χ0n) is 11.3. The molecule has 2 rings (SSSR count). The van der Waals surface area contributed by atoms with Crippen LogP contribution in [0.1, 0.15) is 17.5 Å². The van der Waals surface area contributed by atoms with Crippen LogP contribution in [0.25, 0.3) is 0 Å². The van der Waals surface area contributed by atoms with E-state index in [0.29, 0.717) is 6.61 Å². The normalized spacial score (nSPS) is 10.4. The molecule has 0 radical (unpaired) electrons. The van der Waals surface area contributed by atoms with Crippen molar-refractivity contribution in [2.24, 2.45) is 0 Å². The van der Waals surface area contributed by atoms with Crippen LogP contribution in [0, 0.1) is 0 Å². The molecule has 0 amide bonds. The summed E-state index contributed by atoms with van der Waals surface area (Å²) < 4.78 is 5.65. The number of hydrogen-bond donors (Lipinski definition) is 1. The summed E-state index contributed by atoms with van der Waals surface area (Å²) >= 11 is 0. The molecule has 1 aromatic heterocycles. The van der Waals surface area contributed by atoms with E-state index in [1.165, 1.54) is 5.56 Å². The van der Waals surface area contributed by atoms with E-state index in [4.69, 9.17) is 4.74 Å². The molecule has 3 heteroatoms. The third kappa shape index (κ3) is 4.72. The largest absolute Gasteiger partial charge is 0.377 e. The lowest BCUT2D eigenvalue weighted by Crippen LogP contribution is -1.99. The van der Waals surface area contributed by atoms with Gasteiger partial charge in [0.2, 0.25) is 0 Å². The van der Waals surface area contributed by atoms with Crippen molar-refractivity contribution in [2.45, 2.75) is 19.4 Å².